The molecule has 0 aliphatic rings. The van der Waals surface area contributed by atoms with Crippen molar-refractivity contribution >= 4 is 27.5 Å². The quantitative estimate of drug-likeness (QED) is 0.456. The summed E-state index contributed by atoms with van der Waals surface area (Å²) in [5, 5.41) is 2.50. The zero-order valence-electron chi connectivity index (χ0n) is 21.7. The number of rotatable bonds is 9. The van der Waals surface area contributed by atoms with Gasteiger partial charge in [0.1, 0.15) is 18.4 Å². The van der Waals surface area contributed by atoms with E-state index < -0.39 is 40.2 Å². The molecule has 0 heterocycles. The molecule has 196 valence electrons. The number of benzene rings is 3. The molecular weight excluding hydrogens is 493 g/mol. The minimum atomic E-state index is -4.16. The van der Waals surface area contributed by atoms with Gasteiger partial charge < -0.3 is 10.2 Å². The van der Waals surface area contributed by atoms with Gasteiger partial charge in [0.2, 0.25) is 11.8 Å². The smallest absolute Gasteiger partial charge is 0.264 e. The van der Waals surface area contributed by atoms with E-state index in [2.05, 4.69) is 5.32 Å². The van der Waals surface area contributed by atoms with Crippen molar-refractivity contribution in [2.45, 2.75) is 45.2 Å². The van der Waals surface area contributed by atoms with Gasteiger partial charge >= 0.3 is 0 Å². The molecule has 0 aliphatic heterocycles. The molecule has 0 saturated heterocycles. The monoisotopic (exact) mass is 525 g/mol. The molecule has 2 amide bonds. The van der Waals surface area contributed by atoms with Gasteiger partial charge in [0.25, 0.3) is 10.0 Å². The number of hydrogen-bond acceptors (Lipinski definition) is 4. The molecule has 9 heteroatoms. The van der Waals surface area contributed by atoms with Crippen LogP contribution in [0.15, 0.2) is 71.6 Å². The van der Waals surface area contributed by atoms with Crippen LogP contribution in [0.4, 0.5) is 10.1 Å². The third-order valence-corrected chi connectivity index (χ3v) is 8.00. The van der Waals surface area contributed by atoms with E-state index in [4.69, 9.17) is 0 Å². The molecule has 37 heavy (non-hydrogen) atoms. The number of nitrogens with one attached hydrogen (secondary N) is 1. The van der Waals surface area contributed by atoms with Gasteiger partial charge in [0.15, 0.2) is 0 Å². The Kier molecular flexibility index (Phi) is 8.70. The second kappa shape index (κ2) is 11.6. The van der Waals surface area contributed by atoms with Crippen LogP contribution in [-0.4, -0.2) is 44.8 Å². The highest BCUT2D eigenvalue weighted by atomic mass is 32.2. The molecule has 0 aliphatic carbocycles. The Balaban J connectivity index is 2.08. The minimum Gasteiger partial charge on any atom is -0.357 e. The Morgan fingerprint density at radius 3 is 2.16 bits per heavy atom. The number of aryl methyl sites for hydroxylation is 3. The topological polar surface area (TPSA) is 86.8 Å². The van der Waals surface area contributed by atoms with Gasteiger partial charge in [-0.25, -0.2) is 12.8 Å². The van der Waals surface area contributed by atoms with Gasteiger partial charge in [-0.15, -0.1) is 0 Å². The molecular formula is C28H32FN3O4S. The normalized spacial score (nSPS) is 12.1. The van der Waals surface area contributed by atoms with E-state index in [0.29, 0.717) is 11.3 Å². The van der Waals surface area contributed by atoms with Crippen LogP contribution in [0.25, 0.3) is 0 Å². The van der Waals surface area contributed by atoms with Crippen molar-refractivity contribution in [1.82, 2.24) is 10.2 Å². The highest BCUT2D eigenvalue weighted by molar-refractivity contribution is 7.92. The number of halogens is 1. The number of nitrogens with zero attached hydrogens (tertiary/aromatic N) is 2. The SMILES string of the molecule is CNC(=O)[C@H](C)N(Cc1ccccc1F)C(=O)CN(c1ccc(C)cc1C)S(=O)(=O)c1ccc(C)cc1. The average Bonchev–Trinajstić information content (AvgIpc) is 2.86. The molecule has 0 unspecified atom stereocenters. The van der Waals surface area contributed by atoms with Crippen molar-refractivity contribution in [3.63, 3.8) is 0 Å². The molecule has 0 aromatic heterocycles. The lowest BCUT2D eigenvalue weighted by Crippen LogP contribution is -2.51. The van der Waals surface area contributed by atoms with E-state index in [9.17, 15) is 22.4 Å². The molecule has 3 aromatic carbocycles. The fraction of sp³-hybridized carbons (Fsp3) is 0.286. The third kappa shape index (κ3) is 6.35. The van der Waals surface area contributed by atoms with Gasteiger partial charge in [0, 0.05) is 19.2 Å². The van der Waals surface area contributed by atoms with Gasteiger partial charge in [-0.05, 0) is 57.5 Å². The molecule has 0 radical (unpaired) electrons. The summed E-state index contributed by atoms with van der Waals surface area (Å²) in [7, 11) is -2.72. The van der Waals surface area contributed by atoms with Gasteiger partial charge in [-0.2, -0.15) is 0 Å². The van der Waals surface area contributed by atoms with E-state index >= 15 is 0 Å². The molecule has 1 N–H and O–H groups in total. The molecule has 3 aromatic rings. The number of hydrogen-bond donors (Lipinski definition) is 1. The van der Waals surface area contributed by atoms with Crippen LogP contribution in [0, 0.1) is 26.6 Å². The summed E-state index contributed by atoms with van der Waals surface area (Å²) in [4.78, 5) is 27.5. The van der Waals surface area contributed by atoms with Crippen molar-refractivity contribution in [1.29, 1.82) is 0 Å². The van der Waals surface area contributed by atoms with E-state index in [1.807, 2.05) is 19.9 Å². The molecule has 7 nitrogen and oxygen atoms in total. The highest BCUT2D eigenvalue weighted by Crippen LogP contribution is 2.28. The van der Waals surface area contributed by atoms with Crippen molar-refractivity contribution in [2.75, 3.05) is 17.9 Å². The standard InChI is InChI=1S/C28H32FN3O4S/c1-19-10-13-24(14-11-19)37(35,36)32(26-15-12-20(2)16-21(26)3)18-27(33)31(22(4)28(34)30-5)17-23-8-6-7-9-25(23)29/h6-16,22H,17-18H2,1-5H3,(H,30,34)/t22-/m0/s1. The van der Waals surface area contributed by atoms with Crippen LogP contribution in [0.2, 0.25) is 0 Å². The molecule has 0 spiro atoms. The number of carbonyl (C=O) groups is 2. The van der Waals surface area contributed by atoms with Crippen molar-refractivity contribution in [2.24, 2.45) is 0 Å². The number of likely N-dealkylation sites (N-methyl/N-ethyl adjacent to an activating group) is 1. The molecule has 0 bridgehead atoms. The Bertz CT molecular complexity index is 1390. The first-order valence-corrected chi connectivity index (χ1v) is 13.3. The van der Waals surface area contributed by atoms with E-state index in [-0.39, 0.29) is 17.0 Å². The van der Waals surface area contributed by atoms with Gasteiger partial charge in [0.05, 0.1) is 10.6 Å². The zero-order chi connectivity index (χ0) is 27.3. The summed E-state index contributed by atoms with van der Waals surface area (Å²) in [6.07, 6.45) is 0. The summed E-state index contributed by atoms with van der Waals surface area (Å²) >= 11 is 0. The lowest BCUT2D eigenvalue weighted by molar-refractivity contribution is -0.139. The maximum atomic E-state index is 14.5. The van der Waals surface area contributed by atoms with E-state index in [1.165, 1.54) is 49.2 Å². The van der Waals surface area contributed by atoms with E-state index in [1.54, 1.807) is 37.3 Å². The third-order valence-electron chi connectivity index (χ3n) is 6.22. The van der Waals surface area contributed by atoms with Gasteiger partial charge in [-0.3, -0.25) is 13.9 Å². The number of anilines is 1. The first-order chi connectivity index (χ1) is 17.4. The second-order valence-corrected chi connectivity index (χ2v) is 10.9. The van der Waals surface area contributed by atoms with Crippen LogP contribution >= 0.6 is 0 Å². The number of carbonyl (C=O) groups excluding carboxylic acids is 2. The maximum absolute atomic E-state index is 14.5. The van der Waals surface area contributed by atoms with Crippen LogP contribution in [0.5, 0.6) is 0 Å². The highest BCUT2D eigenvalue weighted by Gasteiger charge is 2.33. The lowest BCUT2D eigenvalue weighted by Gasteiger charge is -2.32. The largest absolute Gasteiger partial charge is 0.357 e. The molecule has 1 atom stereocenters. The van der Waals surface area contributed by atoms with Gasteiger partial charge in [-0.1, -0.05) is 53.6 Å². The molecule has 0 saturated carbocycles. The maximum Gasteiger partial charge on any atom is 0.264 e. The van der Waals surface area contributed by atoms with Crippen molar-refractivity contribution < 1.29 is 22.4 Å². The Labute approximate surface area is 218 Å². The Morgan fingerprint density at radius 2 is 1.57 bits per heavy atom. The summed E-state index contributed by atoms with van der Waals surface area (Å²) in [6.45, 7) is 6.26. The van der Waals surface area contributed by atoms with E-state index in [0.717, 1.165) is 15.4 Å². The zero-order valence-corrected chi connectivity index (χ0v) is 22.5. The molecule has 0 fully saturated rings. The predicted octanol–water partition coefficient (Wildman–Crippen LogP) is 4.11. The van der Waals surface area contributed by atoms with Crippen molar-refractivity contribution in [3.8, 4) is 0 Å². The first kappa shape index (κ1) is 27.9. The van der Waals surface area contributed by atoms with Crippen LogP contribution < -0.4 is 9.62 Å². The summed E-state index contributed by atoms with van der Waals surface area (Å²) in [5.74, 6) is -1.62. The van der Waals surface area contributed by atoms with Crippen LogP contribution in [0.1, 0.15) is 29.2 Å². The second-order valence-electron chi connectivity index (χ2n) is 9.02. The predicted molar refractivity (Wildman–Crippen MR) is 142 cm³/mol. The fourth-order valence-electron chi connectivity index (χ4n) is 4.04. The van der Waals surface area contributed by atoms with Crippen molar-refractivity contribution in [3.05, 3.63) is 94.8 Å². The summed E-state index contributed by atoms with van der Waals surface area (Å²) in [5.41, 5.74) is 3.06. The Morgan fingerprint density at radius 1 is 0.946 bits per heavy atom. The first-order valence-electron chi connectivity index (χ1n) is 11.9. The minimum absolute atomic E-state index is 0.0332. The summed E-state index contributed by atoms with van der Waals surface area (Å²) < 4.78 is 43.2. The van der Waals surface area contributed by atoms with Crippen LogP contribution in [-0.2, 0) is 26.2 Å². The fourth-order valence-corrected chi connectivity index (χ4v) is 5.52. The van der Waals surface area contributed by atoms with Crippen LogP contribution in [0.3, 0.4) is 0 Å². The number of sulfonamides is 1. The lowest BCUT2D eigenvalue weighted by atomic mass is 10.1. The molecule has 3 rings (SSSR count). The Hall–Kier alpha value is -3.72. The number of amides is 2. The average molecular weight is 526 g/mol. The summed E-state index contributed by atoms with van der Waals surface area (Å²) in [6, 6.07) is 16.6.